The monoisotopic (exact) mass is 484 g/mol. The predicted molar refractivity (Wildman–Crippen MR) is 115 cm³/mol. The van der Waals surface area contributed by atoms with Crippen LogP contribution < -0.4 is 10.0 Å². The molecule has 4 rings (SSSR count). The summed E-state index contributed by atoms with van der Waals surface area (Å²) >= 11 is 7.06. The van der Waals surface area contributed by atoms with Crippen molar-refractivity contribution in [2.45, 2.75) is 18.5 Å². The average Bonchev–Trinajstić information content (AvgIpc) is 3.35. The summed E-state index contributed by atoms with van der Waals surface area (Å²) in [5.74, 6) is -1.17. The lowest BCUT2D eigenvalue weighted by Crippen LogP contribution is -2.55. The highest BCUT2D eigenvalue weighted by molar-refractivity contribution is 7.87. The summed E-state index contributed by atoms with van der Waals surface area (Å²) in [5.41, 5.74) is 0.994. The fraction of sp³-hybridized carbons (Fsp3) is 0.278. The molecule has 1 aliphatic rings. The van der Waals surface area contributed by atoms with Crippen molar-refractivity contribution in [2.24, 2.45) is 7.05 Å². The van der Waals surface area contributed by atoms with Crippen molar-refractivity contribution in [2.75, 3.05) is 12.4 Å². The summed E-state index contributed by atoms with van der Waals surface area (Å²) in [7, 11) is -0.759. The van der Waals surface area contributed by atoms with Crippen LogP contribution in [0.1, 0.15) is 17.5 Å². The van der Waals surface area contributed by atoms with E-state index in [2.05, 4.69) is 20.0 Å². The maximum Gasteiger partial charge on any atom is 0.280 e. The number of amides is 1. The molecule has 13 heteroatoms. The number of hydrogen-bond donors (Lipinski definition) is 2. The standard InChI is InChI=1S/C18H18ClFN6O3S2/c1-25-8-14(22-9-25)16-7-21-18(30-16)13-6-15(26(2)31(28,29)24-13)17(27)23-10-3-4-12(20)11(19)5-10/h3-5,7-9,13,15,24H,6H2,1-2H3,(H,23,27)/t13?,15-/m0/s1. The van der Waals surface area contributed by atoms with Crippen LogP contribution in [0.25, 0.3) is 10.6 Å². The number of carbonyl (C=O) groups is 1. The van der Waals surface area contributed by atoms with E-state index in [1.54, 1.807) is 17.1 Å². The molecule has 9 nitrogen and oxygen atoms in total. The number of likely N-dealkylation sites (N-methyl/N-ethyl adjacent to an activating group) is 1. The molecule has 2 N–H and O–H groups in total. The number of aryl methyl sites for hydroxylation is 1. The molecule has 0 spiro atoms. The fourth-order valence-corrected chi connectivity index (χ4v) is 5.63. The molecule has 1 aliphatic heterocycles. The third kappa shape index (κ3) is 4.48. The van der Waals surface area contributed by atoms with Gasteiger partial charge in [0.2, 0.25) is 5.91 Å². The molecule has 31 heavy (non-hydrogen) atoms. The average molecular weight is 485 g/mol. The van der Waals surface area contributed by atoms with Crippen molar-refractivity contribution >= 4 is 44.7 Å². The summed E-state index contributed by atoms with van der Waals surface area (Å²) in [4.78, 5) is 22.3. The van der Waals surface area contributed by atoms with Gasteiger partial charge in [-0.1, -0.05) is 11.6 Å². The number of aromatic nitrogens is 3. The largest absolute Gasteiger partial charge is 0.340 e. The molecule has 0 aliphatic carbocycles. The molecule has 0 bridgehead atoms. The van der Waals surface area contributed by atoms with E-state index >= 15 is 0 Å². The van der Waals surface area contributed by atoms with Gasteiger partial charge in [-0.05, 0) is 24.6 Å². The zero-order valence-electron chi connectivity index (χ0n) is 16.4. The fourth-order valence-electron chi connectivity index (χ4n) is 3.18. The van der Waals surface area contributed by atoms with Gasteiger partial charge in [-0.25, -0.2) is 14.4 Å². The Kier molecular flexibility index (Phi) is 5.83. The Labute approximate surface area is 187 Å². The van der Waals surface area contributed by atoms with E-state index in [9.17, 15) is 17.6 Å². The number of carbonyl (C=O) groups excluding carboxylic acids is 1. The lowest BCUT2D eigenvalue weighted by atomic mass is 10.1. The lowest BCUT2D eigenvalue weighted by molar-refractivity contribution is -0.120. The third-order valence-electron chi connectivity index (χ3n) is 4.84. The first-order valence-corrected chi connectivity index (χ1v) is 11.7. The summed E-state index contributed by atoms with van der Waals surface area (Å²) in [6.45, 7) is 0. The van der Waals surface area contributed by atoms with Crippen LogP contribution in [0.15, 0.2) is 36.9 Å². The van der Waals surface area contributed by atoms with Crippen molar-refractivity contribution in [1.29, 1.82) is 0 Å². The Bertz CT molecular complexity index is 1240. The summed E-state index contributed by atoms with van der Waals surface area (Å²) in [6, 6.07) is 2.06. The molecule has 1 unspecified atom stereocenters. The van der Waals surface area contributed by atoms with Gasteiger partial charge in [0.25, 0.3) is 10.2 Å². The second kappa shape index (κ2) is 8.28. The minimum Gasteiger partial charge on any atom is -0.340 e. The zero-order valence-corrected chi connectivity index (χ0v) is 18.8. The minimum absolute atomic E-state index is 0.146. The van der Waals surface area contributed by atoms with Crippen LogP contribution in [0.5, 0.6) is 0 Å². The summed E-state index contributed by atoms with van der Waals surface area (Å²) in [6.07, 6.45) is 5.28. The van der Waals surface area contributed by atoms with Crippen LogP contribution in [0.3, 0.4) is 0 Å². The first kappa shape index (κ1) is 21.8. The first-order valence-electron chi connectivity index (χ1n) is 9.09. The number of thiazole rings is 1. The van der Waals surface area contributed by atoms with Gasteiger partial charge in [-0.15, -0.1) is 11.3 Å². The van der Waals surface area contributed by atoms with E-state index < -0.39 is 34.0 Å². The number of benzene rings is 1. The molecule has 3 aromatic rings. The molecule has 2 atom stereocenters. The van der Waals surface area contributed by atoms with Crippen LogP contribution in [0.2, 0.25) is 5.02 Å². The Morgan fingerprint density at radius 3 is 2.81 bits per heavy atom. The molecule has 0 saturated carbocycles. The van der Waals surface area contributed by atoms with Crippen molar-refractivity contribution in [1.82, 2.24) is 23.6 Å². The minimum atomic E-state index is -3.93. The van der Waals surface area contributed by atoms with Crippen molar-refractivity contribution < 1.29 is 17.6 Å². The van der Waals surface area contributed by atoms with Crippen molar-refractivity contribution in [3.8, 4) is 10.6 Å². The first-order chi connectivity index (χ1) is 14.6. The number of imidazole rings is 1. The molecular weight excluding hydrogens is 467 g/mol. The number of nitrogens with zero attached hydrogens (tertiary/aromatic N) is 4. The number of halogens is 2. The van der Waals surface area contributed by atoms with Crippen molar-refractivity contribution in [3.05, 3.63) is 52.8 Å². The Morgan fingerprint density at radius 1 is 1.35 bits per heavy atom. The molecule has 1 fully saturated rings. The Hall–Kier alpha value is -2.38. The van der Waals surface area contributed by atoms with Gasteiger partial charge in [0.05, 0.1) is 28.0 Å². The molecule has 3 heterocycles. The van der Waals surface area contributed by atoms with Gasteiger partial charge in [-0.3, -0.25) is 4.79 Å². The van der Waals surface area contributed by atoms with Crippen LogP contribution in [-0.2, 0) is 22.1 Å². The van der Waals surface area contributed by atoms with Gasteiger partial charge >= 0.3 is 0 Å². The number of nitrogens with one attached hydrogen (secondary N) is 2. The van der Waals surface area contributed by atoms with Crippen molar-refractivity contribution in [3.63, 3.8) is 0 Å². The summed E-state index contributed by atoms with van der Waals surface area (Å²) < 4.78 is 44.0. The Balaban J connectivity index is 1.57. The lowest BCUT2D eigenvalue weighted by Gasteiger charge is -2.35. The smallest absolute Gasteiger partial charge is 0.280 e. The molecule has 0 radical (unpaired) electrons. The summed E-state index contributed by atoms with van der Waals surface area (Å²) in [5, 5.41) is 2.98. The van der Waals surface area contributed by atoms with Gasteiger partial charge in [0.1, 0.15) is 16.9 Å². The van der Waals surface area contributed by atoms with Crippen LogP contribution in [0.4, 0.5) is 10.1 Å². The maximum atomic E-state index is 13.4. The highest BCUT2D eigenvalue weighted by Gasteiger charge is 2.41. The number of hydrogen-bond acceptors (Lipinski definition) is 6. The van der Waals surface area contributed by atoms with Gasteiger partial charge in [0, 0.05) is 32.2 Å². The van der Waals surface area contributed by atoms with Crippen LogP contribution in [0, 0.1) is 5.82 Å². The van der Waals surface area contributed by atoms with Crippen LogP contribution >= 0.6 is 22.9 Å². The van der Waals surface area contributed by atoms with E-state index in [0.717, 1.165) is 20.9 Å². The quantitative estimate of drug-likeness (QED) is 0.591. The molecular formula is C18H18ClFN6O3S2. The SMILES string of the molecule is CN1[C@H](C(=O)Nc2ccc(F)c(Cl)c2)CC(c2ncc(-c3cn(C)cn3)s2)NS1(=O)=O. The predicted octanol–water partition coefficient (Wildman–Crippen LogP) is 2.55. The second-order valence-corrected chi connectivity index (χ2v) is 10.3. The second-order valence-electron chi connectivity index (χ2n) is 7.05. The van der Waals surface area contributed by atoms with Gasteiger partial charge < -0.3 is 9.88 Å². The Morgan fingerprint density at radius 2 is 2.13 bits per heavy atom. The number of rotatable bonds is 4. The maximum absolute atomic E-state index is 13.4. The van der Waals surface area contributed by atoms with E-state index in [4.69, 9.17) is 11.6 Å². The normalized spacial score (nSPS) is 21.2. The molecule has 1 aromatic carbocycles. The molecule has 1 amide bonds. The van der Waals surface area contributed by atoms with E-state index in [-0.39, 0.29) is 17.1 Å². The van der Waals surface area contributed by atoms with Gasteiger partial charge in [0.15, 0.2) is 0 Å². The molecule has 1 saturated heterocycles. The molecule has 164 valence electrons. The molecule has 2 aromatic heterocycles. The highest BCUT2D eigenvalue weighted by atomic mass is 35.5. The zero-order chi connectivity index (χ0) is 22.3. The third-order valence-corrected chi connectivity index (χ3v) is 7.86. The topological polar surface area (TPSA) is 109 Å². The highest BCUT2D eigenvalue weighted by Crippen LogP contribution is 2.34. The van der Waals surface area contributed by atoms with E-state index in [1.165, 1.54) is 30.5 Å². The van der Waals surface area contributed by atoms with E-state index in [0.29, 0.717) is 5.01 Å². The van der Waals surface area contributed by atoms with Crippen LogP contribution in [-0.4, -0.2) is 46.3 Å². The number of anilines is 1. The van der Waals surface area contributed by atoms with Gasteiger partial charge in [-0.2, -0.15) is 17.4 Å². The van der Waals surface area contributed by atoms with E-state index in [1.807, 2.05) is 13.2 Å².